The van der Waals surface area contributed by atoms with Gasteiger partial charge < -0.3 is 5.32 Å². The van der Waals surface area contributed by atoms with Gasteiger partial charge in [-0.05, 0) is 29.8 Å². The summed E-state index contributed by atoms with van der Waals surface area (Å²) >= 11 is 5.60. The first kappa shape index (κ1) is 15.3. The van der Waals surface area contributed by atoms with E-state index in [1.807, 2.05) is 0 Å². The van der Waals surface area contributed by atoms with Crippen LogP contribution >= 0.6 is 11.6 Å². The zero-order valence-corrected chi connectivity index (χ0v) is 11.4. The summed E-state index contributed by atoms with van der Waals surface area (Å²) in [6.45, 7) is 0. The molecule has 0 aliphatic rings. The molecule has 1 heterocycles. The van der Waals surface area contributed by atoms with Crippen LogP contribution in [0.15, 0.2) is 42.6 Å². The van der Waals surface area contributed by atoms with Crippen molar-refractivity contribution in [1.82, 2.24) is 4.98 Å². The maximum absolute atomic E-state index is 12.6. The number of pyridine rings is 1. The summed E-state index contributed by atoms with van der Waals surface area (Å²) in [5.74, 6) is -0.321. The van der Waals surface area contributed by atoms with Gasteiger partial charge in [-0.2, -0.15) is 13.2 Å². The number of benzene rings is 1. The van der Waals surface area contributed by atoms with E-state index in [2.05, 4.69) is 10.3 Å². The molecule has 1 aromatic carbocycles. The molecule has 0 saturated heterocycles. The molecule has 0 aliphatic carbocycles. The van der Waals surface area contributed by atoms with Crippen LogP contribution in [0.5, 0.6) is 0 Å². The van der Waals surface area contributed by atoms with Crippen LogP contribution < -0.4 is 5.32 Å². The van der Waals surface area contributed by atoms with Crippen molar-refractivity contribution >= 4 is 23.2 Å². The third-order valence-electron chi connectivity index (χ3n) is 2.66. The summed E-state index contributed by atoms with van der Waals surface area (Å²) in [6.07, 6.45) is -3.02. The Kier molecular flexibility index (Phi) is 4.47. The average Bonchev–Trinajstić information content (AvgIpc) is 2.47. The molecule has 110 valence electrons. The molecular weight excluding hydrogens is 305 g/mol. The molecule has 21 heavy (non-hydrogen) atoms. The van der Waals surface area contributed by atoms with E-state index in [0.717, 1.165) is 17.7 Å². The first-order chi connectivity index (χ1) is 9.90. The van der Waals surface area contributed by atoms with E-state index in [-0.39, 0.29) is 17.3 Å². The number of amides is 1. The molecule has 0 bridgehead atoms. The summed E-state index contributed by atoms with van der Waals surface area (Å²) in [4.78, 5) is 15.8. The first-order valence-corrected chi connectivity index (χ1v) is 6.43. The number of hydrogen-bond donors (Lipinski definition) is 1. The van der Waals surface area contributed by atoms with Gasteiger partial charge in [0.05, 0.1) is 5.56 Å². The minimum Gasteiger partial charge on any atom is -0.321 e. The Balaban J connectivity index is 2.15. The van der Waals surface area contributed by atoms with Crippen molar-refractivity contribution in [3.63, 3.8) is 0 Å². The summed E-state index contributed by atoms with van der Waals surface area (Å²) < 4.78 is 37.7. The number of nitrogens with zero attached hydrogens (tertiary/aromatic N) is 1. The molecule has 7 heteroatoms. The van der Waals surface area contributed by atoms with Gasteiger partial charge in [-0.15, -0.1) is 11.6 Å². The second-order valence-electron chi connectivity index (χ2n) is 4.22. The second kappa shape index (κ2) is 6.13. The van der Waals surface area contributed by atoms with Crippen LogP contribution in [0, 0.1) is 0 Å². The van der Waals surface area contributed by atoms with Gasteiger partial charge in [0.2, 0.25) is 0 Å². The normalized spacial score (nSPS) is 11.2. The number of alkyl halides is 4. The maximum Gasteiger partial charge on any atom is 0.416 e. The number of nitrogens with one attached hydrogen (secondary N) is 1. The largest absolute Gasteiger partial charge is 0.416 e. The molecule has 0 aliphatic heterocycles. The van der Waals surface area contributed by atoms with E-state index in [9.17, 15) is 18.0 Å². The van der Waals surface area contributed by atoms with Crippen molar-refractivity contribution in [2.45, 2.75) is 12.1 Å². The number of aromatic nitrogens is 1. The zero-order valence-electron chi connectivity index (χ0n) is 10.6. The third-order valence-corrected chi connectivity index (χ3v) is 2.97. The predicted octanol–water partition coefficient (Wildman–Crippen LogP) is 4.09. The maximum atomic E-state index is 12.6. The van der Waals surface area contributed by atoms with Crippen molar-refractivity contribution in [3.8, 4) is 0 Å². The molecule has 0 unspecified atom stereocenters. The monoisotopic (exact) mass is 314 g/mol. The van der Waals surface area contributed by atoms with E-state index in [4.69, 9.17) is 11.6 Å². The highest BCUT2D eigenvalue weighted by molar-refractivity contribution is 6.17. The van der Waals surface area contributed by atoms with Crippen molar-refractivity contribution in [1.29, 1.82) is 0 Å². The van der Waals surface area contributed by atoms with E-state index in [1.54, 1.807) is 6.07 Å². The molecule has 1 aromatic heterocycles. The van der Waals surface area contributed by atoms with Gasteiger partial charge in [-0.3, -0.25) is 9.78 Å². The van der Waals surface area contributed by atoms with Crippen molar-refractivity contribution < 1.29 is 18.0 Å². The molecule has 3 nitrogen and oxygen atoms in total. The van der Waals surface area contributed by atoms with E-state index < -0.39 is 17.6 Å². The number of halogens is 4. The quantitative estimate of drug-likeness (QED) is 0.867. The van der Waals surface area contributed by atoms with Gasteiger partial charge >= 0.3 is 6.18 Å². The molecule has 2 aromatic rings. The van der Waals surface area contributed by atoms with Crippen molar-refractivity contribution in [2.75, 3.05) is 5.32 Å². The Bertz CT molecular complexity index is 641. The summed E-state index contributed by atoms with van der Waals surface area (Å²) in [5, 5.41) is 2.37. The summed E-state index contributed by atoms with van der Waals surface area (Å²) in [5.41, 5.74) is 0.0670. The molecular formula is C14H10ClF3N2O. The molecule has 1 N–H and O–H groups in total. The van der Waals surface area contributed by atoms with Gasteiger partial charge in [0, 0.05) is 17.8 Å². The average molecular weight is 315 g/mol. The van der Waals surface area contributed by atoms with Crippen LogP contribution in [-0.4, -0.2) is 10.9 Å². The predicted molar refractivity (Wildman–Crippen MR) is 73.2 cm³/mol. The van der Waals surface area contributed by atoms with Crippen LogP contribution in [0.3, 0.4) is 0 Å². The van der Waals surface area contributed by atoms with Gasteiger partial charge in [-0.25, -0.2) is 0 Å². The standard InChI is InChI=1S/C14H10ClF3N2O/c15-7-9-4-5-12(19-8-9)13(21)20-11-3-1-2-10(6-11)14(16,17)18/h1-6,8H,7H2,(H,20,21). The summed E-state index contributed by atoms with van der Waals surface area (Å²) in [6, 6.07) is 7.48. The highest BCUT2D eigenvalue weighted by atomic mass is 35.5. The fraction of sp³-hybridized carbons (Fsp3) is 0.143. The zero-order chi connectivity index (χ0) is 15.5. The Morgan fingerprint density at radius 1 is 1.24 bits per heavy atom. The van der Waals surface area contributed by atoms with Crippen molar-refractivity contribution in [3.05, 3.63) is 59.4 Å². The summed E-state index contributed by atoms with van der Waals surface area (Å²) in [7, 11) is 0. The molecule has 0 radical (unpaired) electrons. The van der Waals surface area contributed by atoms with Gasteiger partial charge in [0.1, 0.15) is 5.69 Å². The SMILES string of the molecule is O=C(Nc1cccc(C(F)(F)F)c1)c1ccc(CCl)cn1. The highest BCUT2D eigenvalue weighted by Gasteiger charge is 2.30. The van der Waals surface area contributed by atoms with Crippen LogP contribution in [-0.2, 0) is 12.1 Å². The Labute approximate surface area is 123 Å². The Morgan fingerprint density at radius 2 is 2.00 bits per heavy atom. The fourth-order valence-corrected chi connectivity index (χ4v) is 1.76. The van der Waals surface area contributed by atoms with Gasteiger partial charge in [-0.1, -0.05) is 12.1 Å². The first-order valence-electron chi connectivity index (χ1n) is 5.89. The number of carbonyl (C=O) groups is 1. The molecule has 0 atom stereocenters. The molecule has 0 fully saturated rings. The number of rotatable bonds is 3. The lowest BCUT2D eigenvalue weighted by molar-refractivity contribution is -0.137. The van der Waals surface area contributed by atoms with E-state index >= 15 is 0 Å². The fourth-order valence-electron chi connectivity index (χ4n) is 1.61. The smallest absolute Gasteiger partial charge is 0.321 e. The topological polar surface area (TPSA) is 42.0 Å². The number of carbonyl (C=O) groups excluding carboxylic acids is 1. The van der Waals surface area contributed by atoms with Gasteiger partial charge in [0.15, 0.2) is 0 Å². The van der Waals surface area contributed by atoms with Crippen LogP contribution in [0.2, 0.25) is 0 Å². The Morgan fingerprint density at radius 3 is 2.57 bits per heavy atom. The minimum absolute atomic E-state index is 0.0537. The van der Waals surface area contributed by atoms with Crippen molar-refractivity contribution in [2.24, 2.45) is 0 Å². The van der Waals surface area contributed by atoms with Gasteiger partial charge in [0.25, 0.3) is 5.91 Å². The van der Waals surface area contributed by atoms with Crippen LogP contribution in [0.25, 0.3) is 0 Å². The lowest BCUT2D eigenvalue weighted by Crippen LogP contribution is -2.14. The highest BCUT2D eigenvalue weighted by Crippen LogP contribution is 2.30. The number of anilines is 1. The molecule has 2 rings (SSSR count). The Hall–Kier alpha value is -2.08. The van der Waals surface area contributed by atoms with Crippen LogP contribution in [0.4, 0.5) is 18.9 Å². The second-order valence-corrected chi connectivity index (χ2v) is 4.49. The van der Waals surface area contributed by atoms with Crippen LogP contribution in [0.1, 0.15) is 21.6 Å². The van der Waals surface area contributed by atoms with E-state index in [0.29, 0.717) is 0 Å². The molecule has 1 amide bonds. The minimum atomic E-state index is -4.46. The lowest BCUT2D eigenvalue weighted by Gasteiger charge is -2.09. The molecule has 0 saturated carbocycles. The lowest BCUT2D eigenvalue weighted by atomic mass is 10.2. The molecule has 0 spiro atoms. The number of hydrogen-bond acceptors (Lipinski definition) is 2. The third kappa shape index (κ3) is 3.95. The van der Waals surface area contributed by atoms with E-state index in [1.165, 1.54) is 24.4 Å².